The summed E-state index contributed by atoms with van der Waals surface area (Å²) in [5.74, 6) is 0.154. The van der Waals surface area contributed by atoms with Gasteiger partial charge in [0, 0.05) is 16.1 Å². The summed E-state index contributed by atoms with van der Waals surface area (Å²) in [6.45, 7) is 0. The van der Waals surface area contributed by atoms with Crippen LogP contribution in [0, 0.1) is 5.92 Å². The minimum absolute atomic E-state index is 0.337. The molecule has 4 heteroatoms. The molecular formula is C14H15BrO3. The van der Waals surface area contributed by atoms with Crippen molar-refractivity contribution in [1.29, 1.82) is 0 Å². The van der Waals surface area contributed by atoms with Gasteiger partial charge in [-0.05, 0) is 42.5 Å². The van der Waals surface area contributed by atoms with Crippen molar-refractivity contribution in [3.05, 3.63) is 34.3 Å². The molecule has 18 heavy (non-hydrogen) atoms. The zero-order valence-electron chi connectivity index (χ0n) is 10.1. The van der Waals surface area contributed by atoms with E-state index in [9.17, 15) is 4.79 Å². The Morgan fingerprint density at radius 2 is 2.22 bits per heavy atom. The first-order valence-corrected chi connectivity index (χ1v) is 6.69. The number of carboxylic acids is 1. The van der Waals surface area contributed by atoms with E-state index in [0.717, 1.165) is 40.6 Å². The lowest BCUT2D eigenvalue weighted by Crippen LogP contribution is -2.14. The van der Waals surface area contributed by atoms with Gasteiger partial charge < -0.3 is 9.84 Å². The molecule has 1 aromatic carbocycles. The second-order valence-electron chi connectivity index (χ2n) is 4.41. The first-order valence-electron chi connectivity index (χ1n) is 5.90. The molecule has 1 saturated carbocycles. The van der Waals surface area contributed by atoms with Gasteiger partial charge >= 0.3 is 5.97 Å². The van der Waals surface area contributed by atoms with Crippen LogP contribution in [0.15, 0.2) is 28.7 Å². The van der Waals surface area contributed by atoms with Gasteiger partial charge in [-0.1, -0.05) is 22.4 Å². The molecule has 0 saturated heterocycles. The Bertz CT molecular complexity index is 490. The minimum atomic E-state index is -0.904. The third-order valence-corrected chi connectivity index (χ3v) is 3.79. The fourth-order valence-electron chi connectivity index (χ4n) is 2.17. The maximum Gasteiger partial charge on any atom is 0.328 e. The largest absolute Gasteiger partial charge is 0.496 e. The van der Waals surface area contributed by atoms with E-state index in [1.807, 2.05) is 18.2 Å². The summed E-state index contributed by atoms with van der Waals surface area (Å²) in [6, 6.07) is 5.67. The molecule has 0 unspecified atom stereocenters. The van der Waals surface area contributed by atoms with Gasteiger partial charge in [-0.3, -0.25) is 0 Å². The van der Waals surface area contributed by atoms with Crippen molar-refractivity contribution in [1.82, 2.24) is 0 Å². The van der Waals surface area contributed by atoms with E-state index in [2.05, 4.69) is 15.9 Å². The average molecular weight is 311 g/mol. The Labute approximate surface area is 115 Å². The Kier molecular flexibility index (Phi) is 4.07. The topological polar surface area (TPSA) is 46.5 Å². The highest BCUT2D eigenvalue weighted by atomic mass is 79.9. The van der Waals surface area contributed by atoms with Crippen molar-refractivity contribution in [2.75, 3.05) is 7.11 Å². The zero-order valence-corrected chi connectivity index (χ0v) is 11.7. The maximum atomic E-state index is 11.0. The van der Waals surface area contributed by atoms with Gasteiger partial charge in [0.1, 0.15) is 5.75 Å². The van der Waals surface area contributed by atoms with Crippen molar-refractivity contribution in [3.63, 3.8) is 0 Å². The molecule has 0 bridgehead atoms. The van der Waals surface area contributed by atoms with Crippen LogP contribution >= 0.6 is 15.9 Å². The number of methoxy groups -OCH3 is 1. The van der Waals surface area contributed by atoms with Crippen molar-refractivity contribution >= 4 is 27.5 Å². The molecule has 0 spiro atoms. The number of carboxylic acid groups (broad SMARTS) is 1. The molecule has 0 heterocycles. The maximum absolute atomic E-state index is 11.0. The molecular weight excluding hydrogens is 296 g/mol. The number of aliphatic carboxylic acids is 1. The van der Waals surface area contributed by atoms with Crippen LogP contribution < -0.4 is 4.74 Å². The summed E-state index contributed by atoms with van der Waals surface area (Å²) in [5, 5.41) is 9.02. The molecule has 0 aromatic heterocycles. The number of carbonyl (C=O) groups is 1. The number of hydrogen-bond acceptors (Lipinski definition) is 2. The van der Waals surface area contributed by atoms with Crippen LogP contribution in [-0.4, -0.2) is 18.2 Å². The Morgan fingerprint density at radius 3 is 2.72 bits per heavy atom. The van der Waals surface area contributed by atoms with Crippen molar-refractivity contribution in [2.24, 2.45) is 5.92 Å². The Morgan fingerprint density at radius 1 is 1.50 bits per heavy atom. The summed E-state index contributed by atoms with van der Waals surface area (Å²) in [4.78, 5) is 11.0. The Hall–Kier alpha value is -1.29. The average Bonchev–Trinajstić information content (AvgIpc) is 2.25. The number of hydrogen-bond donors (Lipinski definition) is 1. The lowest BCUT2D eigenvalue weighted by atomic mass is 9.76. The lowest BCUT2D eigenvalue weighted by Gasteiger charge is -2.29. The first-order chi connectivity index (χ1) is 8.61. The summed E-state index contributed by atoms with van der Waals surface area (Å²) in [6.07, 6.45) is 4.58. The van der Waals surface area contributed by atoms with E-state index in [4.69, 9.17) is 9.84 Å². The monoisotopic (exact) mass is 310 g/mol. The standard InChI is InChI=1S/C14H15BrO3/c1-18-13-6-5-10(15)7-12(13)11(8-14(16)17)9-3-2-4-9/h5-9H,2-4H2,1H3,(H,16,17)/b11-8+. The van der Waals surface area contributed by atoms with E-state index in [1.54, 1.807) is 7.11 Å². The summed E-state index contributed by atoms with van der Waals surface area (Å²) in [5.41, 5.74) is 1.74. The highest BCUT2D eigenvalue weighted by Crippen LogP contribution is 2.42. The van der Waals surface area contributed by atoms with Crippen LogP contribution in [0.2, 0.25) is 0 Å². The third kappa shape index (κ3) is 2.75. The van der Waals surface area contributed by atoms with Crippen LogP contribution in [0.4, 0.5) is 0 Å². The number of ether oxygens (including phenoxy) is 1. The zero-order chi connectivity index (χ0) is 13.1. The smallest absolute Gasteiger partial charge is 0.328 e. The van der Waals surface area contributed by atoms with Gasteiger partial charge in [0.25, 0.3) is 0 Å². The van der Waals surface area contributed by atoms with E-state index >= 15 is 0 Å². The quantitative estimate of drug-likeness (QED) is 0.862. The van der Waals surface area contributed by atoms with Crippen molar-refractivity contribution in [3.8, 4) is 5.75 Å². The lowest BCUT2D eigenvalue weighted by molar-refractivity contribution is -0.131. The predicted octanol–water partition coefficient (Wildman–Crippen LogP) is 3.73. The molecule has 96 valence electrons. The number of benzene rings is 1. The fraction of sp³-hybridized carbons (Fsp3) is 0.357. The molecule has 0 atom stereocenters. The van der Waals surface area contributed by atoms with Gasteiger partial charge in [0.05, 0.1) is 7.11 Å². The molecule has 1 N–H and O–H groups in total. The van der Waals surface area contributed by atoms with E-state index in [-0.39, 0.29) is 0 Å². The number of halogens is 1. The SMILES string of the molecule is COc1ccc(Br)cc1/C(=C/C(=O)O)C1CCC1. The van der Waals surface area contributed by atoms with Crippen molar-refractivity contribution in [2.45, 2.75) is 19.3 Å². The molecule has 1 aliphatic carbocycles. The molecule has 1 aromatic rings. The van der Waals surface area contributed by atoms with Crippen LogP contribution in [0.1, 0.15) is 24.8 Å². The van der Waals surface area contributed by atoms with Gasteiger partial charge in [0.15, 0.2) is 0 Å². The third-order valence-electron chi connectivity index (χ3n) is 3.30. The molecule has 2 rings (SSSR count). The van der Waals surface area contributed by atoms with Crippen molar-refractivity contribution < 1.29 is 14.6 Å². The van der Waals surface area contributed by atoms with E-state index in [0.29, 0.717) is 5.92 Å². The summed E-state index contributed by atoms with van der Waals surface area (Å²) < 4.78 is 6.25. The summed E-state index contributed by atoms with van der Waals surface area (Å²) in [7, 11) is 1.60. The predicted molar refractivity (Wildman–Crippen MR) is 73.6 cm³/mol. The van der Waals surface area contributed by atoms with Gasteiger partial charge in [-0.25, -0.2) is 4.79 Å². The molecule has 0 amide bonds. The highest BCUT2D eigenvalue weighted by Gasteiger charge is 2.25. The second-order valence-corrected chi connectivity index (χ2v) is 5.33. The van der Waals surface area contributed by atoms with E-state index in [1.165, 1.54) is 6.08 Å². The molecule has 1 aliphatic rings. The van der Waals surface area contributed by atoms with Crippen LogP contribution in [0.25, 0.3) is 5.57 Å². The van der Waals surface area contributed by atoms with Crippen LogP contribution in [0.5, 0.6) is 5.75 Å². The molecule has 1 fully saturated rings. The van der Waals surface area contributed by atoms with Crippen LogP contribution in [-0.2, 0) is 4.79 Å². The second kappa shape index (κ2) is 5.57. The van der Waals surface area contributed by atoms with Gasteiger partial charge in [0.2, 0.25) is 0 Å². The normalized spacial score (nSPS) is 16.2. The summed E-state index contributed by atoms with van der Waals surface area (Å²) >= 11 is 3.42. The number of rotatable bonds is 4. The minimum Gasteiger partial charge on any atom is -0.496 e. The van der Waals surface area contributed by atoms with Gasteiger partial charge in [-0.15, -0.1) is 0 Å². The number of allylic oxidation sites excluding steroid dienone is 1. The first kappa shape index (κ1) is 13.1. The molecule has 0 radical (unpaired) electrons. The fourth-order valence-corrected chi connectivity index (χ4v) is 2.53. The van der Waals surface area contributed by atoms with E-state index < -0.39 is 5.97 Å². The van der Waals surface area contributed by atoms with Gasteiger partial charge in [-0.2, -0.15) is 0 Å². The highest BCUT2D eigenvalue weighted by molar-refractivity contribution is 9.10. The Balaban J connectivity index is 2.47. The molecule has 0 aliphatic heterocycles. The molecule has 3 nitrogen and oxygen atoms in total. The van der Waals surface area contributed by atoms with Crippen LogP contribution in [0.3, 0.4) is 0 Å².